The second kappa shape index (κ2) is 9.58. The van der Waals surface area contributed by atoms with E-state index in [2.05, 4.69) is 22.5 Å². The Morgan fingerprint density at radius 3 is 2.56 bits per heavy atom. The molecule has 9 nitrogen and oxygen atoms in total. The first-order valence-electron chi connectivity index (χ1n) is 11.0. The van der Waals surface area contributed by atoms with Crippen molar-refractivity contribution in [3.63, 3.8) is 0 Å². The minimum Gasteiger partial charge on any atom is -0.444 e. The fraction of sp³-hybridized carbons (Fsp3) is 0.565. The zero-order valence-corrected chi connectivity index (χ0v) is 19.6. The molecule has 1 aromatic carbocycles. The SMILES string of the molecule is CNC(=O)N(CCC=O)c1nn(C)c2cc(C3CCN(C(=O)OC(C)(C)C)CC3)ccc12. The van der Waals surface area contributed by atoms with Crippen molar-refractivity contribution in [3.05, 3.63) is 23.8 Å². The van der Waals surface area contributed by atoms with E-state index < -0.39 is 5.60 Å². The van der Waals surface area contributed by atoms with Crippen molar-refractivity contribution in [2.24, 2.45) is 7.05 Å². The highest BCUT2D eigenvalue weighted by Crippen LogP contribution is 2.33. The Hall–Kier alpha value is -3.10. The van der Waals surface area contributed by atoms with Crippen molar-refractivity contribution in [1.29, 1.82) is 0 Å². The number of aryl methyl sites for hydroxylation is 1. The van der Waals surface area contributed by atoms with Gasteiger partial charge in [0.05, 0.1) is 5.52 Å². The summed E-state index contributed by atoms with van der Waals surface area (Å²) in [6.07, 6.45) is 2.49. The quantitative estimate of drug-likeness (QED) is 0.714. The number of aldehydes is 1. The lowest BCUT2D eigenvalue weighted by atomic mass is 9.89. The zero-order valence-electron chi connectivity index (χ0n) is 19.6. The molecule has 1 N–H and O–H groups in total. The number of anilines is 1. The minimum atomic E-state index is -0.496. The summed E-state index contributed by atoms with van der Waals surface area (Å²) in [7, 11) is 3.41. The van der Waals surface area contributed by atoms with Gasteiger partial charge >= 0.3 is 12.1 Å². The van der Waals surface area contributed by atoms with Gasteiger partial charge in [-0.25, -0.2) is 9.59 Å². The smallest absolute Gasteiger partial charge is 0.410 e. The van der Waals surface area contributed by atoms with Gasteiger partial charge < -0.3 is 19.7 Å². The predicted molar refractivity (Wildman–Crippen MR) is 123 cm³/mol. The molecular formula is C23H33N5O4. The van der Waals surface area contributed by atoms with Gasteiger partial charge in [0.15, 0.2) is 5.82 Å². The molecule has 2 heterocycles. The van der Waals surface area contributed by atoms with Crippen LogP contribution in [0.5, 0.6) is 0 Å². The molecule has 32 heavy (non-hydrogen) atoms. The minimum absolute atomic E-state index is 0.236. The zero-order chi connectivity index (χ0) is 23.5. The normalized spacial score (nSPS) is 15.0. The molecule has 0 unspecified atom stereocenters. The van der Waals surface area contributed by atoms with Gasteiger partial charge in [-0.1, -0.05) is 6.07 Å². The van der Waals surface area contributed by atoms with E-state index in [0.717, 1.165) is 30.0 Å². The topological polar surface area (TPSA) is 96.8 Å². The van der Waals surface area contributed by atoms with Gasteiger partial charge in [-0.2, -0.15) is 5.10 Å². The molecule has 0 aliphatic carbocycles. The molecule has 1 aliphatic heterocycles. The van der Waals surface area contributed by atoms with Crippen LogP contribution in [0.3, 0.4) is 0 Å². The summed E-state index contributed by atoms with van der Waals surface area (Å²) in [5, 5.41) is 8.04. The maximum absolute atomic E-state index is 12.4. The fourth-order valence-electron chi connectivity index (χ4n) is 4.05. The lowest BCUT2D eigenvalue weighted by molar-refractivity contribution is -0.107. The molecule has 0 bridgehead atoms. The number of hydrogen-bond donors (Lipinski definition) is 1. The first kappa shape index (κ1) is 23.6. The number of ether oxygens (including phenoxy) is 1. The third-order valence-electron chi connectivity index (χ3n) is 5.66. The number of urea groups is 1. The summed E-state index contributed by atoms with van der Waals surface area (Å²) in [5.74, 6) is 0.872. The number of hydrogen-bond acceptors (Lipinski definition) is 5. The molecule has 1 fully saturated rings. The van der Waals surface area contributed by atoms with Crippen molar-refractivity contribution in [1.82, 2.24) is 20.0 Å². The summed E-state index contributed by atoms with van der Waals surface area (Å²) in [6.45, 7) is 7.20. The van der Waals surface area contributed by atoms with Crippen LogP contribution in [-0.4, -0.2) is 65.4 Å². The highest BCUT2D eigenvalue weighted by atomic mass is 16.6. The lowest BCUT2D eigenvalue weighted by Crippen LogP contribution is -2.41. The van der Waals surface area contributed by atoms with Crippen molar-refractivity contribution in [2.75, 3.05) is 31.6 Å². The number of benzene rings is 1. The molecule has 0 saturated carbocycles. The van der Waals surface area contributed by atoms with E-state index in [1.165, 1.54) is 10.5 Å². The van der Waals surface area contributed by atoms with Gasteiger partial charge in [-0.15, -0.1) is 0 Å². The van der Waals surface area contributed by atoms with Crippen molar-refractivity contribution < 1.29 is 19.1 Å². The number of amides is 3. The number of carbonyl (C=O) groups is 3. The second-order valence-electron chi connectivity index (χ2n) is 9.13. The van der Waals surface area contributed by atoms with Gasteiger partial charge in [0.25, 0.3) is 0 Å². The molecule has 1 aromatic heterocycles. The summed E-state index contributed by atoms with van der Waals surface area (Å²) in [5.41, 5.74) is 1.62. The van der Waals surface area contributed by atoms with Crippen molar-refractivity contribution in [3.8, 4) is 0 Å². The highest BCUT2D eigenvalue weighted by molar-refractivity contribution is 6.01. The molecule has 3 amide bonds. The van der Waals surface area contributed by atoms with Crippen LogP contribution in [0.1, 0.15) is 51.5 Å². The Labute approximate surface area is 188 Å². The molecule has 0 spiro atoms. The molecule has 9 heteroatoms. The van der Waals surface area contributed by atoms with Crippen LogP contribution in [0.2, 0.25) is 0 Å². The Kier molecular flexibility index (Phi) is 7.06. The molecule has 0 radical (unpaired) electrons. The Morgan fingerprint density at radius 2 is 1.97 bits per heavy atom. The first-order chi connectivity index (χ1) is 15.1. The van der Waals surface area contributed by atoms with Gasteiger partial charge in [-0.3, -0.25) is 9.58 Å². The molecule has 2 aromatic rings. The average Bonchev–Trinajstić information content (AvgIpc) is 3.08. The first-order valence-corrected chi connectivity index (χ1v) is 11.0. The monoisotopic (exact) mass is 443 g/mol. The number of piperidine rings is 1. The van der Waals surface area contributed by atoms with E-state index >= 15 is 0 Å². The number of rotatable bonds is 5. The molecule has 0 atom stereocenters. The largest absolute Gasteiger partial charge is 0.444 e. The van der Waals surface area contributed by atoms with E-state index in [1.807, 2.05) is 33.9 Å². The highest BCUT2D eigenvalue weighted by Gasteiger charge is 2.28. The van der Waals surface area contributed by atoms with Crippen molar-refractivity contribution >= 4 is 35.1 Å². The third-order valence-corrected chi connectivity index (χ3v) is 5.66. The van der Waals surface area contributed by atoms with E-state index in [0.29, 0.717) is 24.8 Å². The molecule has 1 saturated heterocycles. The van der Waals surface area contributed by atoms with Gasteiger partial charge in [0.1, 0.15) is 11.9 Å². The van der Waals surface area contributed by atoms with Crippen LogP contribution in [0.4, 0.5) is 15.4 Å². The summed E-state index contributed by atoms with van der Waals surface area (Å²) in [6, 6.07) is 5.87. The van der Waals surface area contributed by atoms with Crippen LogP contribution in [0.15, 0.2) is 18.2 Å². The maximum Gasteiger partial charge on any atom is 0.410 e. The standard InChI is InChI=1S/C23H33N5O4/c1-23(2,3)32-22(31)27-12-9-16(10-13-27)17-7-8-18-19(15-17)26(5)25-20(18)28(11-6-14-29)21(30)24-4/h7-8,14-16H,6,9-13H2,1-5H3,(H,24,30). The summed E-state index contributed by atoms with van der Waals surface area (Å²) >= 11 is 0. The number of carbonyl (C=O) groups excluding carboxylic acids is 3. The second-order valence-corrected chi connectivity index (χ2v) is 9.13. The Bertz CT molecular complexity index is 986. The van der Waals surface area contributed by atoms with Crippen molar-refractivity contribution in [2.45, 2.75) is 51.6 Å². The van der Waals surface area contributed by atoms with Crippen LogP contribution in [0.25, 0.3) is 10.9 Å². The van der Waals surface area contributed by atoms with E-state index in [9.17, 15) is 14.4 Å². The summed E-state index contributed by atoms with van der Waals surface area (Å²) < 4.78 is 7.25. The number of nitrogens with one attached hydrogen (secondary N) is 1. The number of nitrogens with zero attached hydrogens (tertiary/aromatic N) is 4. The number of fused-ring (bicyclic) bond motifs is 1. The van der Waals surface area contributed by atoms with Gasteiger partial charge in [0, 0.05) is 45.5 Å². The third kappa shape index (κ3) is 5.20. The van der Waals surface area contributed by atoms with E-state index in [4.69, 9.17) is 4.74 Å². The van der Waals surface area contributed by atoms with Crippen LogP contribution >= 0.6 is 0 Å². The van der Waals surface area contributed by atoms with Crippen LogP contribution < -0.4 is 10.2 Å². The predicted octanol–water partition coefficient (Wildman–Crippen LogP) is 3.42. The molecule has 174 valence electrons. The van der Waals surface area contributed by atoms with E-state index in [-0.39, 0.29) is 25.1 Å². The van der Waals surface area contributed by atoms with Crippen LogP contribution in [-0.2, 0) is 16.6 Å². The van der Waals surface area contributed by atoms with Gasteiger partial charge in [0.2, 0.25) is 0 Å². The Morgan fingerprint density at radius 1 is 1.28 bits per heavy atom. The Balaban J connectivity index is 1.78. The molecule has 3 rings (SSSR count). The average molecular weight is 444 g/mol. The molecular weight excluding hydrogens is 410 g/mol. The maximum atomic E-state index is 12.4. The lowest BCUT2D eigenvalue weighted by Gasteiger charge is -2.33. The number of aromatic nitrogens is 2. The molecule has 1 aliphatic rings. The van der Waals surface area contributed by atoms with E-state index in [1.54, 1.807) is 16.6 Å². The number of likely N-dealkylation sites (tertiary alicyclic amines) is 1. The summed E-state index contributed by atoms with van der Waals surface area (Å²) in [4.78, 5) is 38.8. The van der Waals surface area contributed by atoms with Gasteiger partial charge in [-0.05, 0) is 57.2 Å². The fourth-order valence-corrected chi connectivity index (χ4v) is 4.05. The van der Waals surface area contributed by atoms with Crippen LogP contribution in [0, 0.1) is 0 Å².